The number of rotatable bonds is 3. The van der Waals surface area contributed by atoms with Crippen LogP contribution in [0.3, 0.4) is 0 Å². The number of benzene rings is 2. The second kappa shape index (κ2) is 5.71. The quantitative estimate of drug-likeness (QED) is 0.890. The number of hydrogen-bond donors (Lipinski definition) is 1. The maximum atomic E-state index is 9.73. The second-order valence-corrected chi connectivity index (χ2v) is 5.68. The van der Waals surface area contributed by atoms with Gasteiger partial charge in [0.25, 0.3) is 0 Å². The highest BCUT2D eigenvalue weighted by Crippen LogP contribution is 2.36. The summed E-state index contributed by atoms with van der Waals surface area (Å²) in [5.74, 6) is 0. The summed E-state index contributed by atoms with van der Waals surface area (Å²) in [5, 5.41) is 9.73. The lowest BCUT2D eigenvalue weighted by Gasteiger charge is -2.11. The van der Waals surface area contributed by atoms with Crippen LogP contribution >= 0.6 is 27.7 Å². The first-order chi connectivity index (χ1) is 8.18. The summed E-state index contributed by atoms with van der Waals surface area (Å²) in [6.07, 6.45) is -0.443. The Labute approximate surface area is 114 Å². The molecule has 0 saturated carbocycles. The van der Waals surface area contributed by atoms with Crippen LogP contribution in [0.5, 0.6) is 0 Å². The Bertz CT molecular complexity index is 511. The van der Waals surface area contributed by atoms with Crippen LogP contribution in [0.1, 0.15) is 18.6 Å². The summed E-state index contributed by atoms with van der Waals surface area (Å²) >= 11 is 5.19. The molecule has 0 fully saturated rings. The van der Waals surface area contributed by atoms with Gasteiger partial charge in [-0.05, 0) is 46.6 Å². The van der Waals surface area contributed by atoms with E-state index < -0.39 is 6.10 Å². The number of hydrogen-bond acceptors (Lipinski definition) is 2. The predicted molar refractivity (Wildman–Crippen MR) is 75.3 cm³/mol. The fraction of sp³-hybridized carbons (Fsp3) is 0.143. The van der Waals surface area contributed by atoms with Crippen LogP contribution in [0, 0.1) is 0 Å². The fourth-order valence-corrected chi connectivity index (χ4v) is 3.14. The standard InChI is InChI=1S/C14H13BrOS/c1-10(16)11-6-2-4-8-13(11)17-14-9-5-3-7-12(14)15/h2-10,16H,1H3/t10-/m1/s1. The van der Waals surface area contributed by atoms with E-state index in [9.17, 15) is 5.11 Å². The van der Waals surface area contributed by atoms with Gasteiger partial charge in [0.15, 0.2) is 0 Å². The summed E-state index contributed by atoms with van der Waals surface area (Å²) < 4.78 is 1.07. The Morgan fingerprint density at radius 1 is 1.00 bits per heavy atom. The molecule has 0 heterocycles. The summed E-state index contributed by atoms with van der Waals surface area (Å²) in [6.45, 7) is 1.79. The lowest BCUT2D eigenvalue weighted by molar-refractivity contribution is 0.196. The van der Waals surface area contributed by atoms with E-state index in [1.807, 2.05) is 42.5 Å². The first kappa shape index (κ1) is 12.7. The molecule has 0 unspecified atom stereocenters. The molecule has 0 aliphatic carbocycles. The molecule has 88 valence electrons. The molecule has 2 aromatic carbocycles. The van der Waals surface area contributed by atoms with Crippen LogP contribution in [0.2, 0.25) is 0 Å². The Balaban J connectivity index is 2.34. The minimum Gasteiger partial charge on any atom is -0.389 e. The van der Waals surface area contributed by atoms with E-state index in [0.717, 1.165) is 19.8 Å². The zero-order chi connectivity index (χ0) is 12.3. The number of aliphatic hydroxyl groups is 1. The SMILES string of the molecule is C[C@@H](O)c1ccccc1Sc1ccccc1Br. The molecule has 1 atom stereocenters. The van der Waals surface area contributed by atoms with Crippen molar-refractivity contribution in [2.24, 2.45) is 0 Å². The van der Waals surface area contributed by atoms with Gasteiger partial charge < -0.3 is 5.11 Å². The molecule has 0 saturated heterocycles. The van der Waals surface area contributed by atoms with Crippen LogP contribution in [-0.2, 0) is 0 Å². The van der Waals surface area contributed by atoms with E-state index in [4.69, 9.17) is 0 Å². The van der Waals surface area contributed by atoms with Crippen LogP contribution in [-0.4, -0.2) is 5.11 Å². The largest absolute Gasteiger partial charge is 0.389 e. The highest BCUT2D eigenvalue weighted by molar-refractivity contribution is 9.10. The molecular formula is C14H13BrOS. The van der Waals surface area contributed by atoms with Gasteiger partial charge in [-0.2, -0.15) is 0 Å². The molecule has 0 aromatic heterocycles. The first-order valence-corrected chi connectivity index (χ1v) is 6.99. The molecule has 0 aliphatic rings. The topological polar surface area (TPSA) is 20.2 Å². The smallest absolute Gasteiger partial charge is 0.0772 e. The fourth-order valence-electron chi connectivity index (χ4n) is 1.56. The highest BCUT2D eigenvalue weighted by Gasteiger charge is 2.09. The van der Waals surface area contributed by atoms with Crippen molar-refractivity contribution in [1.29, 1.82) is 0 Å². The lowest BCUT2D eigenvalue weighted by atomic mass is 10.1. The van der Waals surface area contributed by atoms with E-state index in [-0.39, 0.29) is 0 Å². The van der Waals surface area contributed by atoms with Crippen molar-refractivity contribution >= 4 is 27.7 Å². The van der Waals surface area contributed by atoms with E-state index in [1.165, 1.54) is 0 Å². The van der Waals surface area contributed by atoms with Gasteiger partial charge in [-0.3, -0.25) is 0 Å². The zero-order valence-electron chi connectivity index (χ0n) is 9.43. The van der Waals surface area contributed by atoms with Crippen LogP contribution in [0.15, 0.2) is 62.8 Å². The maximum Gasteiger partial charge on any atom is 0.0772 e. The van der Waals surface area contributed by atoms with Crippen molar-refractivity contribution in [2.45, 2.75) is 22.8 Å². The second-order valence-electron chi connectivity index (χ2n) is 3.75. The van der Waals surface area contributed by atoms with Crippen molar-refractivity contribution in [1.82, 2.24) is 0 Å². The van der Waals surface area contributed by atoms with Gasteiger partial charge in [0.2, 0.25) is 0 Å². The highest BCUT2D eigenvalue weighted by atomic mass is 79.9. The third-order valence-corrected chi connectivity index (χ3v) is 4.55. The summed E-state index contributed by atoms with van der Waals surface area (Å²) in [4.78, 5) is 2.25. The minimum atomic E-state index is -0.443. The molecule has 0 bridgehead atoms. The molecule has 1 nitrogen and oxygen atoms in total. The predicted octanol–water partition coefficient (Wildman–Crippen LogP) is 4.65. The third kappa shape index (κ3) is 3.12. The van der Waals surface area contributed by atoms with Gasteiger partial charge >= 0.3 is 0 Å². The Morgan fingerprint density at radius 3 is 2.24 bits per heavy atom. The molecule has 1 N–H and O–H groups in total. The van der Waals surface area contributed by atoms with Crippen molar-refractivity contribution < 1.29 is 5.11 Å². The average Bonchev–Trinajstić information content (AvgIpc) is 2.32. The first-order valence-electron chi connectivity index (χ1n) is 5.38. The van der Waals surface area contributed by atoms with Crippen LogP contribution in [0.4, 0.5) is 0 Å². The molecule has 0 aliphatic heterocycles. The summed E-state index contributed by atoms with van der Waals surface area (Å²) in [7, 11) is 0. The zero-order valence-corrected chi connectivity index (χ0v) is 11.8. The molecule has 0 spiro atoms. The summed E-state index contributed by atoms with van der Waals surface area (Å²) in [5.41, 5.74) is 0.966. The van der Waals surface area contributed by atoms with Crippen molar-refractivity contribution in [2.75, 3.05) is 0 Å². The Kier molecular flexibility index (Phi) is 4.26. The van der Waals surface area contributed by atoms with Crippen molar-refractivity contribution in [3.05, 3.63) is 58.6 Å². The lowest BCUT2D eigenvalue weighted by Crippen LogP contribution is -1.93. The van der Waals surface area contributed by atoms with E-state index in [1.54, 1.807) is 18.7 Å². The third-order valence-electron chi connectivity index (χ3n) is 2.43. The van der Waals surface area contributed by atoms with Gasteiger partial charge in [0.05, 0.1) is 6.10 Å². The van der Waals surface area contributed by atoms with Crippen molar-refractivity contribution in [3.63, 3.8) is 0 Å². The maximum absolute atomic E-state index is 9.73. The summed E-state index contributed by atoms with van der Waals surface area (Å²) in [6, 6.07) is 16.0. The van der Waals surface area contributed by atoms with E-state index in [2.05, 4.69) is 22.0 Å². The number of halogens is 1. The van der Waals surface area contributed by atoms with Gasteiger partial charge in [0, 0.05) is 14.3 Å². The van der Waals surface area contributed by atoms with Gasteiger partial charge in [-0.1, -0.05) is 42.1 Å². The van der Waals surface area contributed by atoms with Gasteiger partial charge in [0.1, 0.15) is 0 Å². The Hall–Kier alpha value is -0.770. The van der Waals surface area contributed by atoms with Crippen LogP contribution < -0.4 is 0 Å². The van der Waals surface area contributed by atoms with Crippen LogP contribution in [0.25, 0.3) is 0 Å². The van der Waals surface area contributed by atoms with E-state index >= 15 is 0 Å². The Morgan fingerprint density at radius 2 is 1.59 bits per heavy atom. The van der Waals surface area contributed by atoms with Gasteiger partial charge in [-0.15, -0.1) is 0 Å². The van der Waals surface area contributed by atoms with Gasteiger partial charge in [-0.25, -0.2) is 0 Å². The minimum absolute atomic E-state index is 0.443. The van der Waals surface area contributed by atoms with Crippen molar-refractivity contribution in [3.8, 4) is 0 Å². The normalized spacial score (nSPS) is 12.4. The van der Waals surface area contributed by atoms with E-state index in [0.29, 0.717) is 0 Å². The molecule has 2 rings (SSSR count). The average molecular weight is 309 g/mol. The molecule has 17 heavy (non-hydrogen) atoms. The molecule has 0 amide bonds. The molecule has 2 aromatic rings. The molecule has 3 heteroatoms. The molecule has 0 radical (unpaired) electrons. The monoisotopic (exact) mass is 308 g/mol. The molecular weight excluding hydrogens is 296 g/mol. The number of aliphatic hydroxyl groups excluding tert-OH is 1.